The van der Waals surface area contributed by atoms with E-state index in [1.165, 1.54) is 24.3 Å². The van der Waals surface area contributed by atoms with Crippen LogP contribution in [0.3, 0.4) is 0 Å². The van der Waals surface area contributed by atoms with Gasteiger partial charge in [-0.2, -0.15) is 0 Å². The van der Waals surface area contributed by atoms with E-state index < -0.39 is 32.4 Å². The second-order valence-corrected chi connectivity index (χ2v) is 9.18. The van der Waals surface area contributed by atoms with Crippen molar-refractivity contribution in [2.24, 2.45) is 0 Å². The lowest BCUT2D eigenvalue weighted by Gasteiger charge is -2.13. The summed E-state index contributed by atoms with van der Waals surface area (Å²) in [6.07, 6.45) is 1.49. The molecule has 1 saturated heterocycles. The van der Waals surface area contributed by atoms with Gasteiger partial charge in [-0.05, 0) is 59.3 Å². The van der Waals surface area contributed by atoms with Crippen LogP contribution in [0.15, 0.2) is 65.6 Å². The second kappa shape index (κ2) is 10.4. The molecule has 36 heavy (non-hydrogen) atoms. The zero-order valence-corrected chi connectivity index (χ0v) is 20.2. The zero-order valence-electron chi connectivity index (χ0n) is 17.9. The third kappa shape index (κ3) is 5.48. The normalized spacial score (nSPS) is 14.4. The molecule has 182 valence electrons. The van der Waals surface area contributed by atoms with Crippen molar-refractivity contribution >= 4 is 63.6 Å². The Balaban J connectivity index is 1.55. The van der Waals surface area contributed by atoms with Crippen LogP contribution in [-0.2, 0) is 11.3 Å². The molecule has 0 spiro atoms. The highest BCUT2D eigenvalue weighted by Gasteiger charge is 2.35. The molecule has 0 N–H and O–H groups in total. The number of benzene rings is 3. The van der Waals surface area contributed by atoms with Crippen molar-refractivity contribution < 1.29 is 24.2 Å². The van der Waals surface area contributed by atoms with E-state index in [4.69, 9.17) is 27.9 Å². The van der Waals surface area contributed by atoms with Crippen LogP contribution >= 0.6 is 35.0 Å². The first-order valence-electron chi connectivity index (χ1n) is 10.0. The molecule has 0 radical (unpaired) electrons. The van der Waals surface area contributed by atoms with E-state index in [9.17, 15) is 29.8 Å². The van der Waals surface area contributed by atoms with Crippen LogP contribution in [0.1, 0.15) is 11.1 Å². The van der Waals surface area contributed by atoms with Crippen molar-refractivity contribution in [1.82, 2.24) is 4.90 Å². The first kappa shape index (κ1) is 25.2. The lowest BCUT2D eigenvalue weighted by atomic mass is 10.2. The number of rotatable bonds is 7. The molecule has 1 heterocycles. The highest BCUT2D eigenvalue weighted by Crippen LogP contribution is 2.37. The Morgan fingerprint density at radius 1 is 0.972 bits per heavy atom. The highest BCUT2D eigenvalue weighted by atomic mass is 35.5. The smallest absolute Gasteiger partial charge is 0.318 e. The number of halogens is 2. The molecule has 0 unspecified atom stereocenters. The maximum atomic E-state index is 12.9. The number of nitrogens with zero attached hydrogens (tertiary/aromatic N) is 3. The van der Waals surface area contributed by atoms with E-state index in [1.54, 1.807) is 24.3 Å². The van der Waals surface area contributed by atoms with E-state index in [0.29, 0.717) is 21.2 Å². The molecule has 0 aromatic heterocycles. The van der Waals surface area contributed by atoms with E-state index in [0.717, 1.165) is 34.9 Å². The fourth-order valence-corrected chi connectivity index (χ4v) is 4.56. The standard InChI is InChI=1S/C23H13Cl2N3O7S/c24-15-5-4-14(18(25)10-15)12-26-22(29)21(36-23(26)30)9-13-2-1-3-17(8-13)35-20-7-6-16(27(31)32)11-19(20)28(33)34/h1-11H,12H2/b21-9+. The van der Waals surface area contributed by atoms with Gasteiger partial charge in [0.05, 0.1) is 27.4 Å². The summed E-state index contributed by atoms with van der Waals surface area (Å²) in [4.78, 5) is 47.3. The van der Waals surface area contributed by atoms with Crippen molar-refractivity contribution in [3.05, 3.63) is 107 Å². The van der Waals surface area contributed by atoms with Crippen molar-refractivity contribution in [2.45, 2.75) is 6.54 Å². The summed E-state index contributed by atoms with van der Waals surface area (Å²) in [7, 11) is 0. The Bertz CT molecular complexity index is 1460. The molecule has 0 aliphatic carbocycles. The topological polar surface area (TPSA) is 133 Å². The van der Waals surface area contributed by atoms with Crippen molar-refractivity contribution in [3.63, 3.8) is 0 Å². The minimum Gasteiger partial charge on any atom is -0.450 e. The van der Waals surface area contributed by atoms with Crippen LogP contribution in [0.4, 0.5) is 16.2 Å². The summed E-state index contributed by atoms with van der Waals surface area (Å²) in [5.74, 6) is -0.510. The predicted octanol–water partition coefficient (Wildman–Crippen LogP) is 6.84. The molecule has 3 aromatic rings. The Labute approximate surface area is 217 Å². The number of carbonyl (C=O) groups excluding carboxylic acids is 2. The summed E-state index contributed by atoms with van der Waals surface area (Å²) >= 11 is 12.8. The number of imide groups is 1. The van der Waals surface area contributed by atoms with Crippen molar-refractivity contribution in [1.29, 1.82) is 0 Å². The maximum Gasteiger partial charge on any atom is 0.318 e. The minimum atomic E-state index is -0.783. The van der Waals surface area contributed by atoms with E-state index in [2.05, 4.69) is 0 Å². The number of non-ortho nitro benzene ring substituents is 1. The third-order valence-electron chi connectivity index (χ3n) is 4.95. The van der Waals surface area contributed by atoms with Crippen molar-refractivity contribution in [2.75, 3.05) is 0 Å². The Hall–Kier alpha value is -3.93. The van der Waals surface area contributed by atoms with Gasteiger partial charge >= 0.3 is 5.69 Å². The molecule has 0 atom stereocenters. The number of nitro groups is 2. The summed E-state index contributed by atoms with van der Waals surface area (Å²) in [5, 5.41) is 22.6. The summed E-state index contributed by atoms with van der Waals surface area (Å²) in [5.41, 5.74) is 0.0341. The number of carbonyl (C=O) groups is 2. The molecule has 1 aliphatic rings. The van der Waals surface area contributed by atoms with Crippen LogP contribution in [0.25, 0.3) is 6.08 Å². The van der Waals surface area contributed by atoms with Gasteiger partial charge in [-0.15, -0.1) is 0 Å². The van der Waals surface area contributed by atoms with Gasteiger partial charge < -0.3 is 4.74 Å². The lowest BCUT2D eigenvalue weighted by Crippen LogP contribution is -2.27. The molecule has 4 rings (SSSR count). The molecule has 0 bridgehead atoms. The summed E-state index contributed by atoms with van der Waals surface area (Å²) < 4.78 is 5.59. The number of ether oxygens (including phenoxy) is 1. The Kier molecular flexibility index (Phi) is 7.25. The quantitative estimate of drug-likeness (QED) is 0.179. The minimum absolute atomic E-state index is 0.0228. The monoisotopic (exact) mass is 545 g/mol. The molecule has 1 fully saturated rings. The van der Waals surface area contributed by atoms with E-state index in [-0.39, 0.29) is 22.9 Å². The number of nitro benzene ring substituents is 2. The van der Waals surface area contributed by atoms with Gasteiger partial charge in [0.2, 0.25) is 5.75 Å². The maximum absolute atomic E-state index is 12.9. The van der Waals surface area contributed by atoms with E-state index >= 15 is 0 Å². The average molecular weight is 546 g/mol. The number of hydrogen-bond acceptors (Lipinski definition) is 8. The zero-order chi connectivity index (χ0) is 26.0. The third-order valence-corrected chi connectivity index (χ3v) is 6.45. The molecule has 1 aliphatic heterocycles. The molecule has 3 aromatic carbocycles. The van der Waals surface area contributed by atoms with Crippen LogP contribution < -0.4 is 4.74 Å². The lowest BCUT2D eigenvalue weighted by molar-refractivity contribution is -0.394. The van der Waals surface area contributed by atoms with Gasteiger partial charge in [-0.1, -0.05) is 41.4 Å². The van der Waals surface area contributed by atoms with E-state index in [1.807, 2.05) is 0 Å². The van der Waals surface area contributed by atoms with Gasteiger partial charge in [0, 0.05) is 16.1 Å². The van der Waals surface area contributed by atoms with Crippen LogP contribution in [-0.4, -0.2) is 25.9 Å². The van der Waals surface area contributed by atoms with Crippen LogP contribution in [0.2, 0.25) is 10.0 Å². The number of amides is 2. The predicted molar refractivity (Wildman–Crippen MR) is 134 cm³/mol. The van der Waals surface area contributed by atoms with Gasteiger partial charge in [0.15, 0.2) is 0 Å². The SMILES string of the molecule is O=C1S/C(=C/c2cccc(Oc3ccc([N+](=O)[O-])cc3[N+](=O)[O-])c2)C(=O)N1Cc1ccc(Cl)cc1Cl. The molecule has 10 nitrogen and oxygen atoms in total. The second-order valence-electron chi connectivity index (χ2n) is 7.34. The van der Waals surface area contributed by atoms with Gasteiger partial charge in [-0.25, -0.2) is 0 Å². The fraction of sp³-hybridized carbons (Fsp3) is 0.0435. The van der Waals surface area contributed by atoms with Crippen LogP contribution in [0.5, 0.6) is 11.5 Å². The van der Waals surface area contributed by atoms with Gasteiger partial charge in [0.1, 0.15) is 5.75 Å². The first-order valence-corrected chi connectivity index (χ1v) is 11.6. The summed E-state index contributed by atoms with van der Waals surface area (Å²) in [6, 6.07) is 14.1. The van der Waals surface area contributed by atoms with Gasteiger partial charge in [0.25, 0.3) is 16.8 Å². The van der Waals surface area contributed by atoms with Crippen molar-refractivity contribution in [3.8, 4) is 11.5 Å². The Morgan fingerprint density at radius 2 is 1.75 bits per heavy atom. The highest BCUT2D eigenvalue weighted by molar-refractivity contribution is 8.18. The molecule has 0 saturated carbocycles. The average Bonchev–Trinajstić information content (AvgIpc) is 3.08. The largest absolute Gasteiger partial charge is 0.450 e. The molecule has 13 heteroatoms. The molecule has 2 amide bonds. The van der Waals surface area contributed by atoms with Gasteiger partial charge in [-0.3, -0.25) is 34.7 Å². The number of hydrogen-bond donors (Lipinski definition) is 0. The Morgan fingerprint density at radius 3 is 2.44 bits per heavy atom. The van der Waals surface area contributed by atoms with Crippen LogP contribution in [0, 0.1) is 20.2 Å². The number of thioether (sulfide) groups is 1. The first-order chi connectivity index (χ1) is 17.1. The summed E-state index contributed by atoms with van der Waals surface area (Å²) in [6.45, 7) is -0.0228. The fourth-order valence-electron chi connectivity index (χ4n) is 3.25. The molecular weight excluding hydrogens is 533 g/mol. The molecular formula is C23H13Cl2N3O7S.